The Labute approximate surface area is 114 Å². The first-order valence-corrected chi connectivity index (χ1v) is 7.13. The molecule has 3 aliphatic rings. The molecule has 1 aliphatic heterocycles. The molecule has 2 aliphatic carbocycles. The van der Waals surface area contributed by atoms with Gasteiger partial charge in [0.2, 0.25) is 0 Å². The normalized spacial score (nSPS) is 57.4. The fourth-order valence-electron chi connectivity index (χ4n) is 4.37. The van der Waals surface area contributed by atoms with Gasteiger partial charge in [0.25, 0.3) is 0 Å². The molecule has 0 radical (unpaired) electrons. The van der Waals surface area contributed by atoms with Crippen molar-refractivity contribution in [2.24, 2.45) is 10.8 Å². The zero-order valence-corrected chi connectivity index (χ0v) is 11.9. The molecule has 3 N–H and O–H groups in total. The Hall–Kier alpha value is -0.420. The maximum Gasteiger partial charge on any atom is 0.123 e. The summed E-state index contributed by atoms with van der Waals surface area (Å²) >= 11 is 0. The van der Waals surface area contributed by atoms with Crippen molar-refractivity contribution in [3.05, 3.63) is 11.6 Å². The number of hydrogen-bond acceptors (Lipinski definition) is 4. The molecule has 1 saturated carbocycles. The molecule has 1 heterocycles. The van der Waals surface area contributed by atoms with Crippen molar-refractivity contribution < 1.29 is 20.1 Å². The highest BCUT2D eigenvalue weighted by atomic mass is 16.6. The van der Waals surface area contributed by atoms with Gasteiger partial charge in [-0.1, -0.05) is 19.9 Å². The summed E-state index contributed by atoms with van der Waals surface area (Å²) < 4.78 is 5.65. The van der Waals surface area contributed by atoms with Gasteiger partial charge in [-0.05, 0) is 31.8 Å². The quantitative estimate of drug-likeness (QED) is 0.490. The van der Waals surface area contributed by atoms with Crippen LogP contribution in [-0.2, 0) is 4.74 Å². The fourth-order valence-corrected chi connectivity index (χ4v) is 4.37. The molecule has 0 aromatic carbocycles. The largest absolute Gasteiger partial charge is 0.390 e. The monoisotopic (exact) mass is 268 g/mol. The molecule has 3 rings (SSSR count). The van der Waals surface area contributed by atoms with Gasteiger partial charge in [0.15, 0.2) is 0 Å². The number of aliphatic hydroxyl groups is 3. The number of ether oxygens (including phenoxy) is 1. The Kier molecular flexibility index (Phi) is 2.72. The van der Waals surface area contributed by atoms with Gasteiger partial charge in [-0.25, -0.2) is 0 Å². The predicted octanol–water partition coefficient (Wildman–Crippen LogP) is 0.994. The van der Waals surface area contributed by atoms with Crippen LogP contribution in [0.25, 0.3) is 0 Å². The molecular formula is C15H24O4. The Morgan fingerprint density at radius 3 is 2.47 bits per heavy atom. The first-order valence-electron chi connectivity index (χ1n) is 7.13. The van der Waals surface area contributed by atoms with Crippen LogP contribution in [0.4, 0.5) is 0 Å². The van der Waals surface area contributed by atoms with Crippen LogP contribution in [0, 0.1) is 10.8 Å². The van der Waals surface area contributed by atoms with Crippen molar-refractivity contribution >= 4 is 0 Å². The first-order chi connectivity index (χ1) is 8.77. The van der Waals surface area contributed by atoms with E-state index in [1.807, 2.05) is 13.8 Å². The van der Waals surface area contributed by atoms with Crippen LogP contribution in [0.3, 0.4) is 0 Å². The smallest absolute Gasteiger partial charge is 0.123 e. The van der Waals surface area contributed by atoms with Gasteiger partial charge in [0.1, 0.15) is 5.60 Å². The number of epoxide rings is 1. The van der Waals surface area contributed by atoms with Gasteiger partial charge in [-0.2, -0.15) is 0 Å². The van der Waals surface area contributed by atoms with E-state index in [4.69, 9.17) is 4.74 Å². The maximum atomic E-state index is 10.6. The lowest BCUT2D eigenvalue weighted by atomic mass is 9.53. The molecule has 2 fully saturated rings. The lowest BCUT2D eigenvalue weighted by Gasteiger charge is -2.52. The van der Waals surface area contributed by atoms with Crippen molar-refractivity contribution in [2.45, 2.75) is 63.9 Å². The van der Waals surface area contributed by atoms with Crippen LogP contribution >= 0.6 is 0 Å². The molecule has 0 aromatic heterocycles. The van der Waals surface area contributed by atoms with Crippen LogP contribution in [-0.4, -0.2) is 45.8 Å². The van der Waals surface area contributed by atoms with Crippen molar-refractivity contribution in [1.29, 1.82) is 0 Å². The minimum atomic E-state index is -0.604. The van der Waals surface area contributed by atoms with Gasteiger partial charge in [-0.15, -0.1) is 0 Å². The second kappa shape index (κ2) is 3.82. The van der Waals surface area contributed by atoms with E-state index in [0.29, 0.717) is 19.4 Å². The minimum absolute atomic E-state index is 0.309. The van der Waals surface area contributed by atoms with Crippen molar-refractivity contribution in [1.82, 2.24) is 0 Å². The van der Waals surface area contributed by atoms with Crippen LogP contribution in [0.1, 0.15) is 40.0 Å². The predicted molar refractivity (Wildman–Crippen MR) is 70.5 cm³/mol. The summed E-state index contributed by atoms with van der Waals surface area (Å²) in [4.78, 5) is 0. The second-order valence-electron chi connectivity index (χ2n) is 7.06. The average molecular weight is 268 g/mol. The van der Waals surface area contributed by atoms with Crippen molar-refractivity contribution in [2.75, 3.05) is 6.61 Å². The van der Waals surface area contributed by atoms with Gasteiger partial charge in [-0.3, -0.25) is 0 Å². The minimum Gasteiger partial charge on any atom is -0.390 e. The Bertz CT molecular complexity index is 428. The molecule has 0 amide bonds. The summed E-state index contributed by atoms with van der Waals surface area (Å²) in [6, 6.07) is 0. The fraction of sp³-hybridized carbons (Fsp3) is 0.867. The standard InChI is InChI=1S/C15H24O4/c1-9-6-12(18)13(2,7-10(9)16)14(3)5-4-11(17)15(14)8-19-15/h6,10-12,16-18H,4-5,7-8H2,1-3H3. The SMILES string of the molecule is CC1=CC(O)C(C)(C2(C)CCC(O)C23CO3)CC1O. The summed E-state index contributed by atoms with van der Waals surface area (Å²) in [5.74, 6) is 0. The van der Waals surface area contributed by atoms with Gasteiger partial charge < -0.3 is 20.1 Å². The lowest BCUT2D eigenvalue weighted by Crippen LogP contribution is -2.56. The van der Waals surface area contributed by atoms with E-state index in [2.05, 4.69) is 6.92 Å². The molecule has 4 nitrogen and oxygen atoms in total. The molecule has 19 heavy (non-hydrogen) atoms. The lowest BCUT2D eigenvalue weighted by molar-refractivity contribution is -0.108. The highest BCUT2D eigenvalue weighted by Crippen LogP contribution is 2.66. The van der Waals surface area contributed by atoms with Crippen LogP contribution in [0.5, 0.6) is 0 Å². The third-order valence-electron chi connectivity index (χ3n) is 6.32. The topological polar surface area (TPSA) is 73.2 Å². The molecule has 108 valence electrons. The van der Waals surface area contributed by atoms with E-state index in [-0.39, 0.29) is 5.41 Å². The van der Waals surface area contributed by atoms with Crippen molar-refractivity contribution in [3.63, 3.8) is 0 Å². The Morgan fingerprint density at radius 2 is 1.89 bits per heavy atom. The molecule has 6 unspecified atom stereocenters. The summed E-state index contributed by atoms with van der Waals surface area (Å²) in [5, 5.41) is 31.0. The number of hydrogen-bond donors (Lipinski definition) is 3. The summed E-state index contributed by atoms with van der Waals surface area (Å²) in [6.07, 6.45) is 2.24. The zero-order valence-electron chi connectivity index (χ0n) is 11.9. The van der Waals surface area contributed by atoms with E-state index < -0.39 is 29.3 Å². The summed E-state index contributed by atoms with van der Waals surface area (Å²) in [7, 11) is 0. The van der Waals surface area contributed by atoms with Gasteiger partial charge in [0.05, 0.1) is 24.9 Å². The molecular weight excluding hydrogens is 244 g/mol. The number of aliphatic hydroxyl groups excluding tert-OH is 3. The Morgan fingerprint density at radius 1 is 1.26 bits per heavy atom. The van der Waals surface area contributed by atoms with Gasteiger partial charge in [0, 0.05) is 10.8 Å². The van der Waals surface area contributed by atoms with Crippen LogP contribution in [0.2, 0.25) is 0 Å². The molecule has 1 spiro atoms. The van der Waals surface area contributed by atoms with E-state index >= 15 is 0 Å². The van der Waals surface area contributed by atoms with Gasteiger partial charge >= 0.3 is 0 Å². The molecule has 6 atom stereocenters. The third-order valence-corrected chi connectivity index (χ3v) is 6.32. The first kappa shape index (κ1) is 13.6. The Balaban J connectivity index is 2.02. The third kappa shape index (κ3) is 1.49. The average Bonchev–Trinajstić information content (AvgIpc) is 3.10. The second-order valence-corrected chi connectivity index (χ2v) is 7.06. The number of rotatable bonds is 1. The van der Waals surface area contributed by atoms with E-state index in [9.17, 15) is 15.3 Å². The highest BCUT2D eigenvalue weighted by Gasteiger charge is 2.73. The van der Waals surface area contributed by atoms with Crippen molar-refractivity contribution in [3.8, 4) is 0 Å². The summed E-state index contributed by atoms with van der Waals surface area (Å²) in [5.41, 5.74) is -0.462. The van der Waals surface area contributed by atoms with E-state index in [1.54, 1.807) is 6.08 Å². The summed E-state index contributed by atoms with van der Waals surface area (Å²) in [6.45, 7) is 6.53. The zero-order chi connectivity index (χ0) is 14.1. The molecule has 1 saturated heterocycles. The maximum absolute atomic E-state index is 10.6. The van der Waals surface area contributed by atoms with E-state index in [1.165, 1.54) is 0 Å². The molecule has 4 heteroatoms. The van der Waals surface area contributed by atoms with E-state index in [0.717, 1.165) is 12.0 Å². The van der Waals surface area contributed by atoms with Crippen LogP contribution in [0.15, 0.2) is 11.6 Å². The molecule has 0 bridgehead atoms. The highest BCUT2D eigenvalue weighted by molar-refractivity contribution is 5.27. The molecule has 0 aromatic rings. The van der Waals surface area contributed by atoms with Crippen LogP contribution < -0.4 is 0 Å².